The summed E-state index contributed by atoms with van der Waals surface area (Å²) in [7, 11) is -3.48. The predicted octanol–water partition coefficient (Wildman–Crippen LogP) is 3.20. The number of hydrogen-bond acceptors (Lipinski definition) is 3. The fraction of sp³-hybridized carbons (Fsp3) is 0.571. The fourth-order valence-electron chi connectivity index (χ4n) is 2.65. The summed E-state index contributed by atoms with van der Waals surface area (Å²) in [6, 6.07) is 3.26. The van der Waals surface area contributed by atoms with Gasteiger partial charge in [-0.3, -0.25) is 0 Å². The van der Waals surface area contributed by atoms with Gasteiger partial charge in [-0.2, -0.15) is 0 Å². The van der Waals surface area contributed by atoms with E-state index in [1.165, 1.54) is 25.3 Å². The Morgan fingerprint density at radius 1 is 1.30 bits per heavy atom. The molecule has 0 heterocycles. The Morgan fingerprint density at radius 3 is 2.60 bits per heavy atom. The first-order chi connectivity index (χ1) is 9.40. The third-order valence-electron chi connectivity index (χ3n) is 3.87. The van der Waals surface area contributed by atoms with Crippen molar-refractivity contribution in [2.45, 2.75) is 43.9 Å². The minimum absolute atomic E-state index is 0.272. The van der Waals surface area contributed by atoms with E-state index in [2.05, 4.69) is 20.7 Å². The Morgan fingerprint density at radius 2 is 1.95 bits per heavy atom. The highest BCUT2D eigenvalue weighted by Gasteiger charge is 2.21. The van der Waals surface area contributed by atoms with Crippen LogP contribution in [0.4, 0.5) is 5.69 Å². The van der Waals surface area contributed by atoms with Crippen LogP contribution in [0.3, 0.4) is 0 Å². The number of aryl methyl sites for hydroxylation is 1. The van der Waals surface area contributed by atoms with E-state index in [1.807, 2.05) is 0 Å². The molecule has 4 nitrogen and oxygen atoms in total. The summed E-state index contributed by atoms with van der Waals surface area (Å²) in [5.74, 6) is 0.464. The largest absolute Gasteiger partial charge is 0.398 e. The molecule has 1 aromatic rings. The van der Waals surface area contributed by atoms with E-state index in [1.54, 1.807) is 13.0 Å². The Balaban J connectivity index is 2.11. The quantitative estimate of drug-likeness (QED) is 0.809. The van der Waals surface area contributed by atoms with Crippen molar-refractivity contribution < 1.29 is 8.42 Å². The van der Waals surface area contributed by atoms with Crippen LogP contribution in [-0.2, 0) is 10.0 Å². The second-order valence-electron chi connectivity index (χ2n) is 5.50. The number of anilines is 1. The van der Waals surface area contributed by atoms with Gasteiger partial charge in [0.2, 0.25) is 10.0 Å². The highest BCUT2D eigenvalue weighted by Crippen LogP contribution is 2.27. The minimum atomic E-state index is -3.48. The van der Waals surface area contributed by atoms with Gasteiger partial charge in [-0.1, -0.05) is 19.3 Å². The Kier molecular flexibility index (Phi) is 5.09. The van der Waals surface area contributed by atoms with Crippen molar-refractivity contribution in [3.05, 3.63) is 22.2 Å². The van der Waals surface area contributed by atoms with Crippen molar-refractivity contribution in [1.82, 2.24) is 4.72 Å². The molecule has 1 aliphatic rings. The zero-order chi connectivity index (χ0) is 14.8. The van der Waals surface area contributed by atoms with Crippen molar-refractivity contribution in [1.29, 1.82) is 0 Å². The summed E-state index contributed by atoms with van der Waals surface area (Å²) in [5.41, 5.74) is 6.92. The van der Waals surface area contributed by atoms with Gasteiger partial charge in [-0.05, 0) is 59.3 Å². The number of benzene rings is 1. The van der Waals surface area contributed by atoms with Gasteiger partial charge in [0, 0.05) is 16.7 Å². The van der Waals surface area contributed by atoms with Gasteiger partial charge in [-0.25, -0.2) is 13.1 Å². The molecule has 0 saturated heterocycles. The topological polar surface area (TPSA) is 72.2 Å². The predicted molar refractivity (Wildman–Crippen MR) is 85.1 cm³/mol. The molecule has 0 bridgehead atoms. The Bertz CT molecular complexity index is 581. The number of nitrogen functional groups attached to an aromatic ring is 1. The average Bonchev–Trinajstić information content (AvgIpc) is 2.42. The number of hydrogen-bond donors (Lipinski definition) is 2. The van der Waals surface area contributed by atoms with E-state index in [0.29, 0.717) is 23.7 Å². The van der Waals surface area contributed by atoms with E-state index in [4.69, 9.17) is 5.73 Å². The summed E-state index contributed by atoms with van der Waals surface area (Å²) >= 11 is 3.31. The molecule has 0 aromatic heterocycles. The maximum atomic E-state index is 12.4. The molecule has 2 rings (SSSR count). The zero-order valence-corrected chi connectivity index (χ0v) is 14.1. The molecular weight excluding hydrogens is 340 g/mol. The van der Waals surface area contributed by atoms with Gasteiger partial charge >= 0.3 is 0 Å². The van der Waals surface area contributed by atoms with Crippen LogP contribution in [0.25, 0.3) is 0 Å². The molecule has 0 aliphatic heterocycles. The summed E-state index contributed by atoms with van der Waals surface area (Å²) in [6.07, 6.45) is 5.91. The number of halogens is 1. The molecule has 1 aromatic carbocycles. The van der Waals surface area contributed by atoms with Gasteiger partial charge in [0.1, 0.15) is 0 Å². The van der Waals surface area contributed by atoms with Gasteiger partial charge in [0.15, 0.2) is 0 Å². The number of sulfonamides is 1. The highest BCUT2D eigenvalue weighted by molar-refractivity contribution is 9.10. The summed E-state index contributed by atoms with van der Waals surface area (Å²) < 4.78 is 28.2. The monoisotopic (exact) mass is 360 g/mol. The van der Waals surface area contributed by atoms with Gasteiger partial charge in [0.05, 0.1) is 4.90 Å². The maximum Gasteiger partial charge on any atom is 0.240 e. The van der Waals surface area contributed by atoms with Gasteiger partial charge in [0.25, 0.3) is 0 Å². The molecule has 0 radical (unpaired) electrons. The second-order valence-corrected chi connectivity index (χ2v) is 8.08. The molecule has 3 N–H and O–H groups in total. The number of nitrogens with one attached hydrogen (secondary N) is 1. The third-order valence-corrected chi connectivity index (χ3v) is 6.12. The van der Waals surface area contributed by atoms with E-state index in [9.17, 15) is 8.42 Å². The van der Waals surface area contributed by atoms with E-state index in [0.717, 1.165) is 17.3 Å². The Labute approximate surface area is 129 Å². The van der Waals surface area contributed by atoms with Crippen LogP contribution >= 0.6 is 15.9 Å². The lowest BCUT2D eigenvalue weighted by molar-refractivity contribution is 0.357. The molecule has 112 valence electrons. The highest BCUT2D eigenvalue weighted by atomic mass is 79.9. The first kappa shape index (κ1) is 15.8. The zero-order valence-electron chi connectivity index (χ0n) is 11.7. The van der Waals surface area contributed by atoms with Crippen LogP contribution in [0.5, 0.6) is 0 Å². The molecule has 20 heavy (non-hydrogen) atoms. The lowest BCUT2D eigenvalue weighted by atomic mass is 9.90. The first-order valence-corrected chi connectivity index (χ1v) is 9.23. The normalized spacial score (nSPS) is 17.3. The van der Waals surface area contributed by atoms with Crippen molar-refractivity contribution in [2.24, 2.45) is 5.92 Å². The summed E-state index contributed by atoms with van der Waals surface area (Å²) in [4.78, 5) is 0.272. The van der Waals surface area contributed by atoms with Crippen LogP contribution in [0.15, 0.2) is 21.5 Å². The molecule has 0 unspecified atom stereocenters. The maximum absolute atomic E-state index is 12.4. The molecular formula is C14H21BrN2O2S. The van der Waals surface area contributed by atoms with Crippen LogP contribution in [0, 0.1) is 12.8 Å². The lowest BCUT2D eigenvalue weighted by Crippen LogP contribution is -2.30. The van der Waals surface area contributed by atoms with Crippen LogP contribution in [-0.4, -0.2) is 15.0 Å². The molecule has 1 aliphatic carbocycles. The van der Waals surface area contributed by atoms with Gasteiger partial charge < -0.3 is 5.73 Å². The minimum Gasteiger partial charge on any atom is -0.398 e. The molecule has 1 saturated carbocycles. The first-order valence-electron chi connectivity index (χ1n) is 6.95. The van der Waals surface area contributed by atoms with Crippen molar-refractivity contribution >= 4 is 31.6 Å². The Hall–Kier alpha value is -0.590. The van der Waals surface area contributed by atoms with Gasteiger partial charge in [-0.15, -0.1) is 0 Å². The van der Waals surface area contributed by atoms with Crippen molar-refractivity contribution in [3.63, 3.8) is 0 Å². The average molecular weight is 361 g/mol. The SMILES string of the molecule is Cc1cc(Br)c(N)cc1S(=O)(=O)NCC1CCCCC1. The summed E-state index contributed by atoms with van der Waals surface area (Å²) in [6.45, 7) is 2.30. The molecule has 0 spiro atoms. The summed E-state index contributed by atoms with van der Waals surface area (Å²) in [5, 5.41) is 0. The lowest BCUT2D eigenvalue weighted by Gasteiger charge is -2.22. The number of nitrogens with two attached hydrogens (primary N) is 1. The van der Waals surface area contributed by atoms with Crippen molar-refractivity contribution in [3.8, 4) is 0 Å². The standard InChI is InChI=1S/C14H21BrN2O2S/c1-10-7-12(15)13(16)8-14(10)20(18,19)17-9-11-5-3-2-4-6-11/h7-8,11,17H,2-6,9,16H2,1H3. The van der Waals surface area contributed by atoms with Crippen LogP contribution in [0.1, 0.15) is 37.7 Å². The van der Waals surface area contributed by atoms with E-state index in [-0.39, 0.29) is 4.90 Å². The van der Waals surface area contributed by atoms with Crippen LogP contribution < -0.4 is 10.5 Å². The second kappa shape index (κ2) is 6.45. The third kappa shape index (κ3) is 3.74. The number of rotatable bonds is 4. The van der Waals surface area contributed by atoms with Crippen molar-refractivity contribution in [2.75, 3.05) is 12.3 Å². The van der Waals surface area contributed by atoms with E-state index >= 15 is 0 Å². The smallest absolute Gasteiger partial charge is 0.240 e. The fourth-order valence-corrected chi connectivity index (χ4v) is 4.49. The van der Waals surface area contributed by atoms with Crippen LogP contribution in [0.2, 0.25) is 0 Å². The molecule has 1 fully saturated rings. The molecule has 0 atom stereocenters. The van der Waals surface area contributed by atoms with E-state index < -0.39 is 10.0 Å². The molecule has 6 heteroatoms. The molecule has 0 amide bonds.